The van der Waals surface area contributed by atoms with E-state index in [0.717, 1.165) is 37.3 Å². The quantitative estimate of drug-likeness (QED) is 0.940. The largest absolute Gasteiger partial charge is 0.384 e. The number of nitrogens with one attached hydrogen (secondary N) is 1. The summed E-state index contributed by atoms with van der Waals surface area (Å²) in [5.41, 5.74) is 1.85. The number of nitrogens with zero attached hydrogens (tertiary/aromatic N) is 2. The number of rotatable bonds is 4. The van der Waals surface area contributed by atoms with Crippen molar-refractivity contribution in [3.63, 3.8) is 0 Å². The number of methoxy groups -OCH3 is 1. The standard InChI is InChI=1S/C18H23N3O2/c1-23-14-15-6-5-11-21(13-15)18(22)19-16-7-4-8-17(12-16)20-9-2-3-10-20/h2-4,7-10,12,15H,5-6,11,13-14H2,1H3,(H,19,22)/t15-/m1/s1. The van der Waals surface area contributed by atoms with Crippen LogP contribution in [-0.4, -0.2) is 42.3 Å². The summed E-state index contributed by atoms with van der Waals surface area (Å²) in [7, 11) is 1.71. The Bertz CT molecular complexity index is 637. The number of urea groups is 1. The predicted octanol–water partition coefficient (Wildman–Crippen LogP) is 3.37. The van der Waals surface area contributed by atoms with Crippen molar-refractivity contribution >= 4 is 11.7 Å². The molecule has 2 amide bonds. The van der Waals surface area contributed by atoms with E-state index in [-0.39, 0.29) is 6.03 Å². The maximum atomic E-state index is 12.5. The van der Waals surface area contributed by atoms with Gasteiger partial charge in [-0.05, 0) is 43.2 Å². The Morgan fingerprint density at radius 1 is 1.30 bits per heavy atom. The summed E-state index contributed by atoms with van der Waals surface area (Å²) >= 11 is 0. The fraction of sp³-hybridized carbons (Fsp3) is 0.389. The molecule has 1 fully saturated rings. The first-order valence-electron chi connectivity index (χ1n) is 8.04. The van der Waals surface area contributed by atoms with Crippen LogP contribution in [0.25, 0.3) is 5.69 Å². The Morgan fingerprint density at radius 2 is 2.13 bits per heavy atom. The summed E-state index contributed by atoms with van der Waals surface area (Å²) in [4.78, 5) is 14.4. The molecule has 0 bridgehead atoms. The third-order valence-electron chi connectivity index (χ3n) is 4.21. The van der Waals surface area contributed by atoms with Gasteiger partial charge in [-0.15, -0.1) is 0 Å². The van der Waals surface area contributed by atoms with Gasteiger partial charge in [-0.1, -0.05) is 6.07 Å². The molecule has 2 aromatic rings. The molecule has 0 saturated carbocycles. The smallest absolute Gasteiger partial charge is 0.321 e. The van der Waals surface area contributed by atoms with Gasteiger partial charge >= 0.3 is 6.03 Å². The van der Waals surface area contributed by atoms with Crippen molar-refractivity contribution in [3.8, 4) is 5.69 Å². The van der Waals surface area contributed by atoms with Gasteiger partial charge in [0.05, 0.1) is 6.61 Å². The summed E-state index contributed by atoms with van der Waals surface area (Å²) in [6, 6.07) is 11.8. The van der Waals surface area contributed by atoms with E-state index in [1.807, 2.05) is 58.3 Å². The highest BCUT2D eigenvalue weighted by atomic mass is 16.5. The summed E-state index contributed by atoms with van der Waals surface area (Å²) in [6.07, 6.45) is 6.13. The monoisotopic (exact) mass is 313 g/mol. The molecular weight excluding hydrogens is 290 g/mol. The molecule has 1 aliphatic rings. The molecule has 1 N–H and O–H groups in total. The lowest BCUT2D eigenvalue weighted by Gasteiger charge is -2.32. The van der Waals surface area contributed by atoms with E-state index < -0.39 is 0 Å². The average Bonchev–Trinajstić information content (AvgIpc) is 3.10. The Morgan fingerprint density at radius 3 is 2.91 bits per heavy atom. The molecule has 0 radical (unpaired) electrons. The number of carbonyl (C=O) groups is 1. The van der Waals surface area contributed by atoms with Crippen LogP contribution in [0.3, 0.4) is 0 Å². The van der Waals surface area contributed by atoms with E-state index in [1.54, 1.807) is 7.11 Å². The van der Waals surface area contributed by atoms with E-state index >= 15 is 0 Å². The maximum absolute atomic E-state index is 12.5. The van der Waals surface area contributed by atoms with Crippen molar-refractivity contribution in [2.75, 3.05) is 32.1 Å². The summed E-state index contributed by atoms with van der Waals surface area (Å²) < 4.78 is 7.24. The van der Waals surface area contributed by atoms with Gasteiger partial charge in [0.2, 0.25) is 0 Å². The molecule has 0 aliphatic carbocycles. The molecule has 0 unspecified atom stereocenters. The van der Waals surface area contributed by atoms with Crippen molar-refractivity contribution in [1.82, 2.24) is 9.47 Å². The number of aromatic nitrogens is 1. The normalized spacial score (nSPS) is 18.0. The Kier molecular flexibility index (Phi) is 4.98. The predicted molar refractivity (Wildman–Crippen MR) is 91.0 cm³/mol. The molecule has 5 heteroatoms. The highest BCUT2D eigenvalue weighted by Crippen LogP contribution is 2.19. The minimum absolute atomic E-state index is 0.0320. The maximum Gasteiger partial charge on any atom is 0.321 e. The van der Waals surface area contributed by atoms with E-state index in [2.05, 4.69) is 5.32 Å². The molecule has 3 rings (SSSR count). The highest BCUT2D eigenvalue weighted by molar-refractivity contribution is 5.89. The fourth-order valence-electron chi connectivity index (χ4n) is 3.07. The van der Waals surface area contributed by atoms with Crippen molar-refractivity contribution in [2.45, 2.75) is 12.8 Å². The molecular formula is C18H23N3O2. The van der Waals surface area contributed by atoms with Crippen LogP contribution in [0.4, 0.5) is 10.5 Å². The number of ether oxygens (including phenoxy) is 1. The number of carbonyl (C=O) groups excluding carboxylic acids is 1. The van der Waals surface area contributed by atoms with Crippen molar-refractivity contribution in [1.29, 1.82) is 0 Å². The Hall–Kier alpha value is -2.27. The molecule has 5 nitrogen and oxygen atoms in total. The first-order chi connectivity index (χ1) is 11.3. The second kappa shape index (κ2) is 7.33. The van der Waals surface area contributed by atoms with Crippen molar-refractivity contribution in [3.05, 3.63) is 48.8 Å². The lowest BCUT2D eigenvalue weighted by Crippen LogP contribution is -2.43. The zero-order valence-electron chi connectivity index (χ0n) is 13.4. The van der Waals surface area contributed by atoms with Gasteiger partial charge in [0, 0.05) is 49.9 Å². The molecule has 1 atom stereocenters. The second-order valence-electron chi connectivity index (χ2n) is 5.98. The van der Waals surface area contributed by atoms with E-state index in [1.165, 1.54) is 0 Å². The Labute approximate surface area is 136 Å². The summed E-state index contributed by atoms with van der Waals surface area (Å²) in [6.45, 7) is 2.28. The molecule has 1 aromatic carbocycles. The molecule has 1 aliphatic heterocycles. The van der Waals surface area contributed by atoms with Gasteiger partial charge in [-0.25, -0.2) is 4.79 Å². The lowest BCUT2D eigenvalue weighted by atomic mass is 9.99. The van der Waals surface area contributed by atoms with Crippen LogP contribution in [0.5, 0.6) is 0 Å². The SMILES string of the molecule is COC[C@@H]1CCCN(C(=O)Nc2cccc(-n3cccc3)c2)C1. The van der Waals surface area contributed by atoms with Crippen LogP contribution in [0.2, 0.25) is 0 Å². The van der Waals surface area contributed by atoms with Crippen LogP contribution >= 0.6 is 0 Å². The number of hydrogen-bond acceptors (Lipinski definition) is 2. The zero-order valence-corrected chi connectivity index (χ0v) is 13.4. The lowest BCUT2D eigenvalue weighted by molar-refractivity contribution is 0.104. The number of hydrogen-bond donors (Lipinski definition) is 1. The number of likely N-dealkylation sites (tertiary alicyclic amines) is 1. The van der Waals surface area contributed by atoms with Crippen LogP contribution in [0.15, 0.2) is 48.8 Å². The third-order valence-corrected chi connectivity index (χ3v) is 4.21. The van der Waals surface area contributed by atoms with Gasteiger partial charge in [-0.2, -0.15) is 0 Å². The van der Waals surface area contributed by atoms with Crippen molar-refractivity contribution < 1.29 is 9.53 Å². The van der Waals surface area contributed by atoms with E-state index in [0.29, 0.717) is 12.5 Å². The first-order valence-corrected chi connectivity index (χ1v) is 8.04. The minimum Gasteiger partial charge on any atom is -0.384 e. The van der Waals surface area contributed by atoms with Gasteiger partial charge < -0.3 is 19.5 Å². The molecule has 1 saturated heterocycles. The minimum atomic E-state index is -0.0320. The zero-order chi connectivity index (χ0) is 16.1. The highest BCUT2D eigenvalue weighted by Gasteiger charge is 2.23. The number of piperidine rings is 1. The summed E-state index contributed by atoms with van der Waals surface area (Å²) in [5, 5.41) is 3.01. The molecule has 2 heterocycles. The molecule has 1 aromatic heterocycles. The van der Waals surface area contributed by atoms with E-state index in [4.69, 9.17) is 4.74 Å². The van der Waals surface area contributed by atoms with Gasteiger partial charge in [0.25, 0.3) is 0 Å². The van der Waals surface area contributed by atoms with Gasteiger partial charge in [0.15, 0.2) is 0 Å². The van der Waals surface area contributed by atoms with Crippen LogP contribution in [-0.2, 0) is 4.74 Å². The third kappa shape index (κ3) is 3.93. The first kappa shape index (κ1) is 15.6. The van der Waals surface area contributed by atoms with Crippen LogP contribution in [0.1, 0.15) is 12.8 Å². The fourth-order valence-corrected chi connectivity index (χ4v) is 3.07. The van der Waals surface area contributed by atoms with Crippen LogP contribution in [0, 0.1) is 5.92 Å². The molecule has 0 spiro atoms. The molecule has 122 valence electrons. The van der Waals surface area contributed by atoms with Gasteiger partial charge in [-0.3, -0.25) is 0 Å². The number of anilines is 1. The number of benzene rings is 1. The van der Waals surface area contributed by atoms with E-state index in [9.17, 15) is 4.79 Å². The second-order valence-corrected chi connectivity index (χ2v) is 5.98. The number of amides is 2. The van der Waals surface area contributed by atoms with Crippen molar-refractivity contribution in [2.24, 2.45) is 5.92 Å². The van der Waals surface area contributed by atoms with Gasteiger partial charge in [0.1, 0.15) is 0 Å². The summed E-state index contributed by atoms with van der Waals surface area (Å²) in [5.74, 6) is 0.436. The van der Waals surface area contributed by atoms with Crippen LogP contribution < -0.4 is 5.32 Å². The molecule has 23 heavy (non-hydrogen) atoms. The topological polar surface area (TPSA) is 46.5 Å². The Balaban J connectivity index is 1.65. The average molecular weight is 313 g/mol.